The smallest absolute Gasteiger partial charge is 0.238 e. The molecule has 0 spiro atoms. The number of piperidine rings is 1. The summed E-state index contributed by atoms with van der Waals surface area (Å²) in [5.74, 6) is 0.551. The molecule has 1 aromatic rings. The number of nitrogens with zero attached hydrogens (tertiary/aromatic N) is 1. The fourth-order valence-corrected chi connectivity index (χ4v) is 3.40. The van der Waals surface area contributed by atoms with E-state index < -0.39 is 10.0 Å². The Balaban J connectivity index is 2.11. The number of nitrogens with one attached hydrogen (secondary N) is 1. The zero-order chi connectivity index (χ0) is 15.6. The molecule has 0 bridgehead atoms. The summed E-state index contributed by atoms with van der Waals surface area (Å²) in [4.78, 5) is 2.39. The first kappa shape index (κ1) is 16.5. The maximum Gasteiger partial charge on any atom is 0.238 e. The lowest BCUT2D eigenvalue weighted by atomic mass is 9.90. The minimum Gasteiger partial charge on any atom is -0.381 e. The van der Waals surface area contributed by atoms with Crippen LogP contribution in [-0.4, -0.2) is 39.5 Å². The van der Waals surface area contributed by atoms with E-state index in [0.717, 1.165) is 25.9 Å². The van der Waals surface area contributed by atoms with Crippen LogP contribution in [-0.2, 0) is 10.0 Å². The molecule has 21 heavy (non-hydrogen) atoms. The van der Waals surface area contributed by atoms with Crippen LogP contribution in [0.1, 0.15) is 19.8 Å². The first-order chi connectivity index (χ1) is 9.77. The van der Waals surface area contributed by atoms with Crippen LogP contribution in [0.4, 0.5) is 5.69 Å². The van der Waals surface area contributed by atoms with Crippen molar-refractivity contribution >= 4 is 27.3 Å². The van der Waals surface area contributed by atoms with Crippen molar-refractivity contribution in [2.45, 2.75) is 30.7 Å². The average molecular weight is 332 g/mol. The number of likely N-dealkylation sites (tertiary alicyclic amines) is 1. The molecule has 1 atom stereocenters. The molecule has 1 unspecified atom stereocenters. The molecule has 1 aliphatic heterocycles. The minimum atomic E-state index is -3.72. The SMILES string of the molecule is CC(Nc1cc(S(N)(=O)=O)ccc1Cl)C1CCN(C)CC1. The zero-order valence-electron chi connectivity index (χ0n) is 12.3. The second kappa shape index (κ2) is 6.52. The van der Waals surface area contributed by atoms with Gasteiger partial charge in [0.25, 0.3) is 0 Å². The van der Waals surface area contributed by atoms with Crippen molar-refractivity contribution in [2.75, 3.05) is 25.5 Å². The minimum absolute atomic E-state index is 0.0741. The summed E-state index contributed by atoms with van der Waals surface area (Å²) >= 11 is 6.15. The van der Waals surface area contributed by atoms with Gasteiger partial charge < -0.3 is 10.2 Å². The maximum atomic E-state index is 11.4. The zero-order valence-corrected chi connectivity index (χ0v) is 13.9. The first-order valence-electron chi connectivity index (χ1n) is 7.05. The van der Waals surface area contributed by atoms with Gasteiger partial charge in [-0.25, -0.2) is 13.6 Å². The molecule has 1 aliphatic rings. The van der Waals surface area contributed by atoms with Gasteiger partial charge in [0, 0.05) is 6.04 Å². The lowest BCUT2D eigenvalue weighted by Gasteiger charge is -2.33. The van der Waals surface area contributed by atoms with Gasteiger partial charge in [0.1, 0.15) is 0 Å². The first-order valence-corrected chi connectivity index (χ1v) is 8.97. The number of halogens is 1. The lowest BCUT2D eigenvalue weighted by molar-refractivity contribution is 0.208. The van der Waals surface area contributed by atoms with Crippen molar-refractivity contribution in [3.05, 3.63) is 23.2 Å². The van der Waals surface area contributed by atoms with Crippen LogP contribution in [0.3, 0.4) is 0 Å². The van der Waals surface area contributed by atoms with E-state index in [1.807, 2.05) is 0 Å². The van der Waals surface area contributed by atoms with Crippen molar-refractivity contribution in [3.8, 4) is 0 Å². The van der Waals surface area contributed by atoms with Gasteiger partial charge >= 0.3 is 0 Å². The number of hydrogen-bond acceptors (Lipinski definition) is 4. The van der Waals surface area contributed by atoms with Gasteiger partial charge in [0.2, 0.25) is 10.0 Å². The second-order valence-corrected chi connectivity index (χ2v) is 7.73. The molecular formula is C14H22ClN3O2S. The van der Waals surface area contributed by atoms with E-state index in [-0.39, 0.29) is 10.9 Å². The highest BCUT2D eigenvalue weighted by atomic mass is 35.5. The van der Waals surface area contributed by atoms with Gasteiger partial charge in [0.15, 0.2) is 0 Å². The third-order valence-corrected chi connectivity index (χ3v) is 5.36. The van der Waals surface area contributed by atoms with Crippen LogP contribution in [0.25, 0.3) is 0 Å². The summed E-state index contributed by atoms with van der Waals surface area (Å²) in [7, 11) is -1.59. The van der Waals surface area contributed by atoms with Crippen molar-refractivity contribution in [1.82, 2.24) is 4.90 Å². The second-order valence-electron chi connectivity index (χ2n) is 5.76. The Hall–Kier alpha value is -0.820. The number of nitrogens with two attached hydrogens (primary N) is 1. The molecular weight excluding hydrogens is 310 g/mol. The standard InChI is InChI=1S/C14H22ClN3O2S/c1-10(11-5-7-18(2)8-6-11)17-14-9-12(21(16,19)20)3-4-13(14)15/h3-4,9-11,17H,5-8H2,1-2H3,(H2,16,19,20). The Morgan fingerprint density at radius 1 is 1.38 bits per heavy atom. The summed E-state index contributed by atoms with van der Waals surface area (Å²) in [6.07, 6.45) is 2.24. The maximum absolute atomic E-state index is 11.4. The molecule has 118 valence electrons. The number of rotatable bonds is 4. The molecule has 0 aromatic heterocycles. The Morgan fingerprint density at radius 2 is 2.00 bits per heavy atom. The van der Waals surface area contributed by atoms with Gasteiger partial charge in [-0.2, -0.15) is 0 Å². The van der Waals surface area contributed by atoms with Crippen LogP contribution in [0.15, 0.2) is 23.1 Å². The molecule has 0 amide bonds. The molecule has 2 rings (SSSR count). The third-order valence-electron chi connectivity index (χ3n) is 4.12. The van der Waals surface area contributed by atoms with E-state index in [1.54, 1.807) is 6.07 Å². The lowest BCUT2D eigenvalue weighted by Crippen LogP contribution is -2.37. The highest BCUT2D eigenvalue weighted by molar-refractivity contribution is 7.89. The van der Waals surface area contributed by atoms with E-state index in [9.17, 15) is 8.42 Å². The largest absolute Gasteiger partial charge is 0.381 e. The van der Waals surface area contributed by atoms with Crippen LogP contribution >= 0.6 is 11.6 Å². The quantitative estimate of drug-likeness (QED) is 0.886. The molecule has 7 heteroatoms. The highest BCUT2D eigenvalue weighted by Crippen LogP contribution is 2.28. The fourth-order valence-electron chi connectivity index (χ4n) is 2.68. The van der Waals surface area contributed by atoms with Crippen LogP contribution in [0.2, 0.25) is 5.02 Å². The summed E-state index contributed by atoms with van der Waals surface area (Å²) in [6, 6.07) is 4.71. The molecule has 1 fully saturated rings. The van der Waals surface area contributed by atoms with Gasteiger partial charge in [-0.05, 0) is 64.0 Å². The molecule has 5 nitrogen and oxygen atoms in total. The molecule has 1 saturated heterocycles. The van der Waals surface area contributed by atoms with Crippen molar-refractivity contribution in [1.29, 1.82) is 0 Å². The highest BCUT2D eigenvalue weighted by Gasteiger charge is 2.23. The van der Waals surface area contributed by atoms with Crippen LogP contribution in [0.5, 0.6) is 0 Å². The Labute approximate surface area is 131 Å². The Bertz CT molecular complexity index is 598. The van der Waals surface area contributed by atoms with Crippen LogP contribution < -0.4 is 10.5 Å². The molecule has 0 saturated carbocycles. The molecule has 0 aliphatic carbocycles. The molecule has 0 radical (unpaired) electrons. The Morgan fingerprint density at radius 3 is 2.57 bits per heavy atom. The van der Waals surface area contributed by atoms with E-state index in [1.165, 1.54) is 12.1 Å². The topological polar surface area (TPSA) is 75.4 Å². The average Bonchev–Trinajstić information content (AvgIpc) is 2.40. The van der Waals surface area contributed by atoms with Gasteiger partial charge in [-0.15, -0.1) is 0 Å². The Kier molecular flexibility index (Phi) is 5.14. The predicted molar refractivity (Wildman–Crippen MR) is 86.1 cm³/mol. The normalized spacial score (nSPS) is 19.4. The number of anilines is 1. The summed E-state index contributed by atoms with van der Waals surface area (Å²) in [6.45, 7) is 4.28. The summed E-state index contributed by atoms with van der Waals surface area (Å²) < 4.78 is 22.8. The summed E-state index contributed by atoms with van der Waals surface area (Å²) in [5.41, 5.74) is 0.620. The van der Waals surface area contributed by atoms with Crippen molar-refractivity contribution in [2.24, 2.45) is 11.1 Å². The van der Waals surface area contributed by atoms with Crippen LogP contribution in [0, 0.1) is 5.92 Å². The van der Waals surface area contributed by atoms with E-state index in [4.69, 9.17) is 16.7 Å². The number of benzene rings is 1. The number of hydrogen-bond donors (Lipinski definition) is 2. The van der Waals surface area contributed by atoms with E-state index in [2.05, 4.69) is 24.2 Å². The number of sulfonamides is 1. The summed E-state index contributed by atoms with van der Waals surface area (Å²) in [5, 5.41) is 9.00. The fraction of sp³-hybridized carbons (Fsp3) is 0.571. The van der Waals surface area contributed by atoms with Crippen molar-refractivity contribution in [3.63, 3.8) is 0 Å². The van der Waals surface area contributed by atoms with E-state index >= 15 is 0 Å². The number of primary sulfonamides is 1. The monoisotopic (exact) mass is 331 g/mol. The molecule has 1 aromatic carbocycles. The molecule has 1 heterocycles. The van der Waals surface area contributed by atoms with Crippen molar-refractivity contribution < 1.29 is 8.42 Å². The predicted octanol–water partition coefficient (Wildman–Crippen LogP) is 2.13. The van der Waals surface area contributed by atoms with Gasteiger partial charge in [-0.1, -0.05) is 11.6 Å². The van der Waals surface area contributed by atoms with Gasteiger partial charge in [0.05, 0.1) is 15.6 Å². The van der Waals surface area contributed by atoms with E-state index in [0.29, 0.717) is 16.6 Å². The van der Waals surface area contributed by atoms with Gasteiger partial charge in [-0.3, -0.25) is 0 Å². The third kappa shape index (κ3) is 4.32. The molecule has 3 N–H and O–H groups in total.